The number of nitrogens with one attached hydrogen (secondary N) is 1. The number of aromatic amines is 1. The Labute approximate surface area is 108 Å². The summed E-state index contributed by atoms with van der Waals surface area (Å²) in [6.07, 6.45) is 3.00. The molecule has 3 aromatic rings. The van der Waals surface area contributed by atoms with Gasteiger partial charge in [-0.05, 0) is 29.3 Å². The van der Waals surface area contributed by atoms with Crippen molar-refractivity contribution in [3.8, 4) is 16.9 Å². The van der Waals surface area contributed by atoms with Gasteiger partial charge in [-0.2, -0.15) is 0 Å². The minimum Gasteiger partial charge on any atom is -0.497 e. The SMILES string of the molecule is COc1ccc(-c2ccnc3nc[nH]c(=O)c23)cc1. The van der Waals surface area contributed by atoms with E-state index in [0.29, 0.717) is 11.0 Å². The molecule has 1 N–H and O–H groups in total. The van der Waals surface area contributed by atoms with E-state index in [-0.39, 0.29) is 5.56 Å². The molecule has 5 heteroatoms. The Morgan fingerprint density at radius 1 is 1.11 bits per heavy atom. The number of hydrogen-bond acceptors (Lipinski definition) is 4. The van der Waals surface area contributed by atoms with Crippen LogP contribution in [0.15, 0.2) is 47.7 Å². The van der Waals surface area contributed by atoms with E-state index in [2.05, 4.69) is 15.0 Å². The van der Waals surface area contributed by atoms with Crippen LogP contribution >= 0.6 is 0 Å². The Balaban J connectivity index is 2.27. The number of hydrogen-bond donors (Lipinski definition) is 1. The van der Waals surface area contributed by atoms with Crippen LogP contribution in [0.4, 0.5) is 0 Å². The van der Waals surface area contributed by atoms with Crippen molar-refractivity contribution in [3.63, 3.8) is 0 Å². The molecule has 19 heavy (non-hydrogen) atoms. The van der Waals surface area contributed by atoms with Crippen LogP contribution in [0.3, 0.4) is 0 Å². The fraction of sp³-hybridized carbons (Fsp3) is 0.0714. The first kappa shape index (κ1) is 11.4. The topological polar surface area (TPSA) is 67.9 Å². The summed E-state index contributed by atoms with van der Waals surface area (Å²) in [5.74, 6) is 0.772. The van der Waals surface area contributed by atoms with Gasteiger partial charge in [0.15, 0.2) is 5.65 Å². The molecule has 0 radical (unpaired) electrons. The maximum Gasteiger partial charge on any atom is 0.260 e. The smallest absolute Gasteiger partial charge is 0.260 e. The Bertz CT molecular complexity index is 773. The van der Waals surface area contributed by atoms with E-state index in [1.807, 2.05) is 24.3 Å². The number of nitrogens with zero attached hydrogens (tertiary/aromatic N) is 2. The second-order valence-electron chi connectivity index (χ2n) is 4.02. The maximum absolute atomic E-state index is 11.9. The first-order chi connectivity index (χ1) is 9.29. The van der Waals surface area contributed by atoms with Crippen LogP contribution in [0.25, 0.3) is 22.2 Å². The standard InChI is InChI=1S/C14H11N3O2/c1-19-10-4-2-9(3-5-10)11-6-7-15-13-12(11)14(18)17-8-16-13/h2-8H,1H3,(H,15,16,17,18). The summed E-state index contributed by atoms with van der Waals surface area (Å²) < 4.78 is 5.12. The average Bonchev–Trinajstić information content (AvgIpc) is 2.47. The molecule has 0 aliphatic rings. The number of aromatic nitrogens is 3. The number of H-pyrrole nitrogens is 1. The van der Waals surface area contributed by atoms with Gasteiger partial charge in [0.1, 0.15) is 5.75 Å². The van der Waals surface area contributed by atoms with E-state index in [9.17, 15) is 4.79 Å². The molecule has 5 nitrogen and oxygen atoms in total. The predicted molar refractivity (Wildman–Crippen MR) is 72.1 cm³/mol. The monoisotopic (exact) mass is 253 g/mol. The molecule has 3 rings (SSSR count). The predicted octanol–water partition coefficient (Wildman–Crippen LogP) is 1.99. The first-order valence-corrected chi connectivity index (χ1v) is 5.76. The Kier molecular flexibility index (Phi) is 2.72. The molecule has 94 valence electrons. The molecule has 0 fully saturated rings. The van der Waals surface area contributed by atoms with Gasteiger partial charge in [0, 0.05) is 6.20 Å². The summed E-state index contributed by atoms with van der Waals surface area (Å²) in [6, 6.07) is 9.32. The molecule has 0 saturated heterocycles. The summed E-state index contributed by atoms with van der Waals surface area (Å²) in [4.78, 5) is 22.7. The van der Waals surface area contributed by atoms with Crippen LogP contribution in [-0.4, -0.2) is 22.1 Å². The molecule has 0 bridgehead atoms. The molecule has 0 saturated carbocycles. The molecular formula is C14H11N3O2. The van der Waals surface area contributed by atoms with Crippen molar-refractivity contribution in [3.05, 3.63) is 53.2 Å². The minimum absolute atomic E-state index is 0.191. The third-order valence-corrected chi connectivity index (χ3v) is 2.94. The zero-order valence-corrected chi connectivity index (χ0v) is 10.3. The Hall–Kier alpha value is -2.69. The van der Waals surface area contributed by atoms with Crippen LogP contribution < -0.4 is 10.3 Å². The number of pyridine rings is 1. The van der Waals surface area contributed by atoms with Crippen molar-refractivity contribution >= 4 is 11.0 Å². The zero-order chi connectivity index (χ0) is 13.2. The van der Waals surface area contributed by atoms with E-state index < -0.39 is 0 Å². The van der Waals surface area contributed by atoms with Gasteiger partial charge >= 0.3 is 0 Å². The third kappa shape index (κ3) is 1.95. The van der Waals surface area contributed by atoms with Crippen LogP contribution in [0, 0.1) is 0 Å². The number of methoxy groups -OCH3 is 1. The highest BCUT2D eigenvalue weighted by Gasteiger charge is 2.08. The molecule has 0 atom stereocenters. The number of ether oxygens (including phenoxy) is 1. The van der Waals surface area contributed by atoms with E-state index in [1.165, 1.54) is 6.33 Å². The van der Waals surface area contributed by atoms with Gasteiger partial charge in [0.2, 0.25) is 0 Å². The third-order valence-electron chi connectivity index (χ3n) is 2.94. The lowest BCUT2D eigenvalue weighted by Gasteiger charge is -2.05. The highest BCUT2D eigenvalue weighted by atomic mass is 16.5. The minimum atomic E-state index is -0.191. The molecule has 2 aromatic heterocycles. The van der Waals surface area contributed by atoms with Crippen LogP contribution in [0.5, 0.6) is 5.75 Å². The summed E-state index contributed by atoms with van der Waals surface area (Å²) >= 11 is 0. The molecule has 0 unspecified atom stereocenters. The van der Waals surface area contributed by atoms with Gasteiger partial charge in [-0.3, -0.25) is 4.79 Å². The lowest BCUT2D eigenvalue weighted by molar-refractivity contribution is 0.415. The van der Waals surface area contributed by atoms with Gasteiger partial charge in [0.05, 0.1) is 18.8 Å². The molecular weight excluding hydrogens is 242 g/mol. The summed E-state index contributed by atoms with van der Waals surface area (Å²) in [5, 5.41) is 0.496. The fourth-order valence-electron chi connectivity index (χ4n) is 2.01. The lowest BCUT2D eigenvalue weighted by atomic mass is 10.0. The van der Waals surface area contributed by atoms with Crippen molar-refractivity contribution < 1.29 is 4.74 Å². The van der Waals surface area contributed by atoms with Crippen molar-refractivity contribution in [2.45, 2.75) is 0 Å². The van der Waals surface area contributed by atoms with Crippen LogP contribution in [0.1, 0.15) is 0 Å². The molecule has 2 heterocycles. The first-order valence-electron chi connectivity index (χ1n) is 5.76. The maximum atomic E-state index is 11.9. The average molecular weight is 253 g/mol. The van der Waals surface area contributed by atoms with Crippen LogP contribution in [-0.2, 0) is 0 Å². The Morgan fingerprint density at radius 3 is 2.63 bits per heavy atom. The number of rotatable bonds is 2. The highest BCUT2D eigenvalue weighted by molar-refractivity contribution is 5.91. The summed E-state index contributed by atoms with van der Waals surface area (Å²) in [7, 11) is 1.62. The fourth-order valence-corrected chi connectivity index (χ4v) is 2.01. The second kappa shape index (κ2) is 4.53. The van der Waals surface area contributed by atoms with Crippen LogP contribution in [0.2, 0.25) is 0 Å². The molecule has 0 aliphatic carbocycles. The largest absolute Gasteiger partial charge is 0.497 e. The summed E-state index contributed by atoms with van der Waals surface area (Å²) in [5.41, 5.74) is 1.98. The quantitative estimate of drug-likeness (QED) is 0.758. The van der Waals surface area contributed by atoms with Crippen molar-refractivity contribution in [1.29, 1.82) is 0 Å². The number of benzene rings is 1. The van der Waals surface area contributed by atoms with Gasteiger partial charge in [-0.15, -0.1) is 0 Å². The lowest BCUT2D eigenvalue weighted by Crippen LogP contribution is -2.08. The second-order valence-corrected chi connectivity index (χ2v) is 4.02. The van der Waals surface area contributed by atoms with Gasteiger partial charge in [-0.1, -0.05) is 12.1 Å². The summed E-state index contributed by atoms with van der Waals surface area (Å²) in [6.45, 7) is 0. The van der Waals surface area contributed by atoms with E-state index >= 15 is 0 Å². The van der Waals surface area contributed by atoms with Gasteiger partial charge in [0.25, 0.3) is 5.56 Å². The Morgan fingerprint density at radius 2 is 1.89 bits per heavy atom. The highest BCUT2D eigenvalue weighted by Crippen LogP contribution is 2.25. The molecule has 0 spiro atoms. The van der Waals surface area contributed by atoms with E-state index in [4.69, 9.17) is 4.74 Å². The number of fused-ring (bicyclic) bond motifs is 1. The molecule has 0 aliphatic heterocycles. The van der Waals surface area contributed by atoms with Crippen molar-refractivity contribution in [1.82, 2.24) is 15.0 Å². The molecule has 0 amide bonds. The normalized spacial score (nSPS) is 10.6. The van der Waals surface area contributed by atoms with Gasteiger partial charge < -0.3 is 9.72 Å². The zero-order valence-electron chi connectivity index (χ0n) is 10.3. The molecule has 1 aromatic carbocycles. The van der Waals surface area contributed by atoms with E-state index in [1.54, 1.807) is 19.4 Å². The van der Waals surface area contributed by atoms with Crippen molar-refractivity contribution in [2.24, 2.45) is 0 Å². The van der Waals surface area contributed by atoms with Gasteiger partial charge in [-0.25, -0.2) is 9.97 Å². The van der Waals surface area contributed by atoms with E-state index in [0.717, 1.165) is 16.9 Å². The van der Waals surface area contributed by atoms with Crippen molar-refractivity contribution in [2.75, 3.05) is 7.11 Å².